The molecule has 2 aromatic rings. The highest BCUT2D eigenvalue weighted by Crippen LogP contribution is 2.14. The summed E-state index contributed by atoms with van der Waals surface area (Å²) in [6.45, 7) is 7.44. The minimum absolute atomic E-state index is 0.552. The fourth-order valence-corrected chi connectivity index (χ4v) is 2.63. The van der Waals surface area contributed by atoms with Crippen LogP contribution in [-0.2, 0) is 6.54 Å². The first kappa shape index (κ1) is 15.8. The number of unbranched alkanes of at least 4 members (excludes halogenated alkanes) is 2. The molecule has 1 unspecified atom stereocenters. The number of para-hydroxylation sites is 1. The van der Waals surface area contributed by atoms with E-state index in [1.54, 1.807) is 0 Å². The number of hydrogen-bond acceptors (Lipinski definition) is 2. The van der Waals surface area contributed by atoms with Crippen LogP contribution in [0, 0.1) is 6.92 Å². The van der Waals surface area contributed by atoms with Crippen LogP contribution >= 0.6 is 0 Å². The molecule has 0 fully saturated rings. The predicted octanol–water partition coefficient (Wildman–Crippen LogP) is 4.24. The van der Waals surface area contributed by atoms with Crippen molar-refractivity contribution in [2.24, 2.45) is 0 Å². The molecule has 1 heterocycles. The largest absolute Gasteiger partial charge is 0.309 e. The van der Waals surface area contributed by atoms with Crippen molar-refractivity contribution in [2.45, 2.75) is 59.0 Å². The third kappa shape index (κ3) is 4.43. The van der Waals surface area contributed by atoms with Gasteiger partial charge in [-0.2, -0.15) is 0 Å². The molecule has 0 saturated heterocycles. The van der Waals surface area contributed by atoms with Gasteiger partial charge in [0, 0.05) is 18.3 Å². The van der Waals surface area contributed by atoms with Gasteiger partial charge in [0.2, 0.25) is 0 Å². The molecule has 3 nitrogen and oxygen atoms in total. The zero-order valence-electron chi connectivity index (χ0n) is 13.5. The van der Waals surface area contributed by atoms with Gasteiger partial charge in [-0.3, -0.25) is 4.57 Å². The number of rotatable bonds is 8. The zero-order chi connectivity index (χ0) is 15.1. The van der Waals surface area contributed by atoms with Crippen molar-refractivity contribution in [1.29, 1.82) is 0 Å². The molecule has 0 aliphatic heterocycles. The van der Waals surface area contributed by atoms with Crippen LogP contribution in [-0.4, -0.2) is 15.6 Å². The lowest BCUT2D eigenvalue weighted by Gasteiger charge is -2.15. The number of aromatic nitrogens is 2. The summed E-state index contributed by atoms with van der Waals surface area (Å²) in [5.41, 5.74) is 2.41. The fourth-order valence-electron chi connectivity index (χ4n) is 2.63. The average molecular weight is 285 g/mol. The summed E-state index contributed by atoms with van der Waals surface area (Å²) in [4.78, 5) is 4.47. The van der Waals surface area contributed by atoms with Crippen LogP contribution in [0.25, 0.3) is 5.69 Å². The summed E-state index contributed by atoms with van der Waals surface area (Å²) in [5.74, 6) is 1.04. The van der Waals surface area contributed by atoms with E-state index < -0.39 is 0 Å². The lowest BCUT2D eigenvalue weighted by molar-refractivity contribution is 0.482. The summed E-state index contributed by atoms with van der Waals surface area (Å²) in [5, 5.41) is 3.62. The van der Waals surface area contributed by atoms with Gasteiger partial charge in [0.05, 0.1) is 11.9 Å². The van der Waals surface area contributed by atoms with E-state index in [9.17, 15) is 0 Å². The first-order valence-corrected chi connectivity index (χ1v) is 8.04. The van der Waals surface area contributed by atoms with E-state index in [2.05, 4.69) is 59.9 Å². The monoisotopic (exact) mass is 285 g/mol. The van der Waals surface area contributed by atoms with Gasteiger partial charge in [0.1, 0.15) is 5.82 Å². The highest BCUT2D eigenvalue weighted by atomic mass is 15.1. The molecule has 114 valence electrons. The molecule has 21 heavy (non-hydrogen) atoms. The van der Waals surface area contributed by atoms with Crippen LogP contribution in [0.5, 0.6) is 0 Å². The van der Waals surface area contributed by atoms with E-state index in [-0.39, 0.29) is 0 Å². The topological polar surface area (TPSA) is 29.9 Å². The molecule has 1 N–H and O–H groups in total. The van der Waals surface area contributed by atoms with Crippen molar-refractivity contribution in [3.8, 4) is 5.69 Å². The highest BCUT2D eigenvalue weighted by molar-refractivity contribution is 5.35. The molecule has 1 aromatic heterocycles. The van der Waals surface area contributed by atoms with Gasteiger partial charge in [0.25, 0.3) is 0 Å². The Morgan fingerprint density at radius 1 is 1.19 bits per heavy atom. The minimum atomic E-state index is 0.552. The SMILES string of the molecule is CCCCCC(C)NCc1cnc(C)n1-c1ccccc1. The summed E-state index contributed by atoms with van der Waals surface area (Å²) in [6.07, 6.45) is 7.14. The van der Waals surface area contributed by atoms with Gasteiger partial charge in [0.15, 0.2) is 0 Å². The molecule has 0 radical (unpaired) electrons. The molecule has 0 aliphatic rings. The molecule has 0 spiro atoms. The minimum Gasteiger partial charge on any atom is -0.309 e. The molecule has 1 aromatic carbocycles. The Bertz CT molecular complexity index is 531. The van der Waals surface area contributed by atoms with Gasteiger partial charge in [-0.05, 0) is 32.4 Å². The van der Waals surface area contributed by atoms with E-state index >= 15 is 0 Å². The Kier molecular flexibility index (Phi) is 6.00. The number of hydrogen-bond donors (Lipinski definition) is 1. The number of imidazole rings is 1. The van der Waals surface area contributed by atoms with Crippen molar-refractivity contribution >= 4 is 0 Å². The summed E-state index contributed by atoms with van der Waals surface area (Å²) in [7, 11) is 0. The van der Waals surface area contributed by atoms with Crippen LogP contribution < -0.4 is 5.32 Å². The molecular formula is C18H27N3. The van der Waals surface area contributed by atoms with Gasteiger partial charge in [-0.25, -0.2) is 4.98 Å². The average Bonchev–Trinajstić information content (AvgIpc) is 2.87. The standard InChI is InChI=1S/C18H27N3/c1-4-5-7-10-15(2)19-13-18-14-20-16(3)21(18)17-11-8-6-9-12-17/h6,8-9,11-12,14-15,19H,4-5,7,10,13H2,1-3H3. The van der Waals surface area contributed by atoms with Crippen molar-refractivity contribution in [2.75, 3.05) is 0 Å². The third-order valence-corrected chi connectivity index (χ3v) is 3.90. The molecule has 0 aliphatic carbocycles. The third-order valence-electron chi connectivity index (χ3n) is 3.90. The Hall–Kier alpha value is -1.61. The van der Waals surface area contributed by atoms with Gasteiger partial charge in [-0.1, -0.05) is 44.4 Å². The number of aryl methyl sites for hydroxylation is 1. The van der Waals surface area contributed by atoms with Crippen molar-refractivity contribution in [3.05, 3.63) is 48.0 Å². The molecule has 3 heteroatoms. The fraction of sp³-hybridized carbons (Fsp3) is 0.500. The Labute approximate surface area is 128 Å². The molecule has 0 amide bonds. The van der Waals surface area contributed by atoms with Crippen LogP contribution in [0.1, 0.15) is 51.0 Å². The summed E-state index contributed by atoms with van der Waals surface area (Å²) >= 11 is 0. The first-order chi connectivity index (χ1) is 10.2. The van der Waals surface area contributed by atoms with Crippen molar-refractivity contribution in [1.82, 2.24) is 14.9 Å². The van der Waals surface area contributed by atoms with E-state index in [1.165, 1.54) is 37.1 Å². The lowest BCUT2D eigenvalue weighted by atomic mass is 10.1. The van der Waals surface area contributed by atoms with Gasteiger partial charge in [-0.15, -0.1) is 0 Å². The van der Waals surface area contributed by atoms with E-state index in [0.29, 0.717) is 6.04 Å². The van der Waals surface area contributed by atoms with Crippen LogP contribution in [0.4, 0.5) is 0 Å². The maximum atomic E-state index is 4.47. The van der Waals surface area contributed by atoms with Crippen LogP contribution in [0.2, 0.25) is 0 Å². The van der Waals surface area contributed by atoms with E-state index in [1.807, 2.05) is 12.3 Å². The van der Waals surface area contributed by atoms with Crippen molar-refractivity contribution < 1.29 is 0 Å². The Morgan fingerprint density at radius 3 is 2.67 bits per heavy atom. The smallest absolute Gasteiger partial charge is 0.110 e. The second-order valence-corrected chi connectivity index (χ2v) is 5.75. The molecule has 2 rings (SSSR count). The number of benzene rings is 1. The molecule has 0 saturated carbocycles. The van der Waals surface area contributed by atoms with E-state index in [4.69, 9.17) is 0 Å². The Morgan fingerprint density at radius 2 is 1.95 bits per heavy atom. The maximum absolute atomic E-state index is 4.47. The van der Waals surface area contributed by atoms with Gasteiger partial charge >= 0.3 is 0 Å². The van der Waals surface area contributed by atoms with Gasteiger partial charge < -0.3 is 5.32 Å². The van der Waals surface area contributed by atoms with Crippen LogP contribution in [0.3, 0.4) is 0 Å². The maximum Gasteiger partial charge on any atom is 0.110 e. The number of nitrogens with one attached hydrogen (secondary N) is 1. The van der Waals surface area contributed by atoms with Crippen molar-refractivity contribution in [3.63, 3.8) is 0 Å². The molecule has 0 bridgehead atoms. The summed E-state index contributed by atoms with van der Waals surface area (Å²) in [6, 6.07) is 11.0. The predicted molar refractivity (Wildman–Crippen MR) is 88.7 cm³/mol. The summed E-state index contributed by atoms with van der Waals surface area (Å²) < 4.78 is 2.23. The zero-order valence-corrected chi connectivity index (χ0v) is 13.5. The lowest BCUT2D eigenvalue weighted by Crippen LogP contribution is -2.26. The number of nitrogens with zero attached hydrogens (tertiary/aromatic N) is 2. The second kappa shape index (κ2) is 7.99. The van der Waals surface area contributed by atoms with Crippen LogP contribution in [0.15, 0.2) is 36.5 Å². The molecular weight excluding hydrogens is 258 g/mol. The first-order valence-electron chi connectivity index (χ1n) is 8.04. The second-order valence-electron chi connectivity index (χ2n) is 5.75. The quantitative estimate of drug-likeness (QED) is 0.735. The normalized spacial score (nSPS) is 12.5. The molecule has 1 atom stereocenters. The highest BCUT2D eigenvalue weighted by Gasteiger charge is 2.09. The Balaban J connectivity index is 1.98. The van der Waals surface area contributed by atoms with E-state index in [0.717, 1.165) is 12.4 Å².